The molecule has 1 saturated carbocycles. The fourth-order valence-corrected chi connectivity index (χ4v) is 4.23. The van der Waals surface area contributed by atoms with Gasteiger partial charge in [0.1, 0.15) is 5.82 Å². The first-order chi connectivity index (χ1) is 16.8. The number of rotatable bonds is 7. The van der Waals surface area contributed by atoms with Gasteiger partial charge in [0.05, 0.1) is 42.1 Å². The van der Waals surface area contributed by atoms with Crippen LogP contribution in [0, 0.1) is 0 Å². The molecule has 5 rings (SSSR count). The number of aromatic nitrogens is 4. The Morgan fingerprint density at radius 1 is 1.00 bits per heavy atom. The van der Waals surface area contributed by atoms with E-state index in [0.29, 0.717) is 29.6 Å². The van der Waals surface area contributed by atoms with E-state index in [9.17, 15) is 18.0 Å². The molecule has 2 aliphatic rings. The van der Waals surface area contributed by atoms with E-state index < -0.39 is 12.8 Å². The predicted molar refractivity (Wildman–Crippen MR) is 121 cm³/mol. The number of fused-ring (bicyclic) bond motifs is 1. The number of hydrogen-bond acceptors (Lipinski definition) is 8. The normalized spacial score (nSPS) is 19.5. The maximum Gasteiger partial charge on any atom is 0.422 e. The fourth-order valence-electron chi connectivity index (χ4n) is 4.23. The molecule has 9 nitrogen and oxygen atoms in total. The van der Waals surface area contributed by atoms with Crippen LogP contribution in [0.4, 0.5) is 30.6 Å². The summed E-state index contributed by atoms with van der Waals surface area (Å²) in [5.41, 5.74) is 2.09. The van der Waals surface area contributed by atoms with Gasteiger partial charge in [0.15, 0.2) is 12.4 Å². The molecule has 1 aliphatic heterocycles. The standard InChI is InChI=1S/C23H22F3N7O2/c24-23(25,26)13-35-17-10-29-22(30-11-17)32-15-4-3-14(8-15)31-20-6-5-16(9-28-20)33-12-19-18(21(33)34)2-1-7-27-19/h1-2,5-7,9-11,14-15H,3-4,8,12-13H2,(H,28,31)(H,29,30,32). The molecule has 4 heterocycles. The van der Waals surface area contributed by atoms with Crippen LogP contribution in [0.5, 0.6) is 5.75 Å². The van der Waals surface area contributed by atoms with E-state index in [-0.39, 0.29) is 23.7 Å². The van der Waals surface area contributed by atoms with Crippen molar-refractivity contribution in [3.63, 3.8) is 0 Å². The van der Waals surface area contributed by atoms with Crippen LogP contribution in [-0.4, -0.2) is 50.7 Å². The lowest BCUT2D eigenvalue weighted by atomic mass is 10.2. The molecule has 0 radical (unpaired) electrons. The van der Waals surface area contributed by atoms with E-state index in [1.54, 1.807) is 29.4 Å². The van der Waals surface area contributed by atoms with Crippen molar-refractivity contribution >= 4 is 23.4 Å². The Morgan fingerprint density at radius 2 is 1.77 bits per heavy atom. The lowest BCUT2D eigenvalue weighted by Gasteiger charge is -2.17. The summed E-state index contributed by atoms with van der Waals surface area (Å²) in [7, 11) is 0. The van der Waals surface area contributed by atoms with Crippen molar-refractivity contribution in [1.29, 1.82) is 0 Å². The Hall–Kier alpha value is -3.96. The zero-order valence-electron chi connectivity index (χ0n) is 18.5. The summed E-state index contributed by atoms with van der Waals surface area (Å²) in [5, 5.41) is 6.61. The quantitative estimate of drug-likeness (QED) is 0.521. The van der Waals surface area contributed by atoms with E-state index >= 15 is 0 Å². The molecule has 3 aromatic heterocycles. The SMILES string of the molecule is O=C1c2cccnc2CN1c1ccc(NC2CCC(Nc3ncc(OCC(F)(F)F)cn3)C2)nc1. The Morgan fingerprint density at radius 3 is 2.46 bits per heavy atom. The maximum absolute atomic E-state index is 12.6. The monoisotopic (exact) mass is 485 g/mol. The number of pyridine rings is 2. The van der Waals surface area contributed by atoms with Crippen molar-refractivity contribution in [2.75, 3.05) is 22.1 Å². The number of carbonyl (C=O) groups excluding carboxylic acids is 1. The van der Waals surface area contributed by atoms with Crippen molar-refractivity contribution in [3.8, 4) is 5.75 Å². The molecule has 2 N–H and O–H groups in total. The van der Waals surface area contributed by atoms with E-state index in [1.165, 1.54) is 12.4 Å². The van der Waals surface area contributed by atoms with Crippen LogP contribution in [0.1, 0.15) is 35.3 Å². The summed E-state index contributed by atoms with van der Waals surface area (Å²) >= 11 is 0. The number of ether oxygens (including phenoxy) is 1. The molecule has 1 amide bonds. The van der Waals surface area contributed by atoms with Gasteiger partial charge in [0, 0.05) is 18.3 Å². The van der Waals surface area contributed by atoms with Gasteiger partial charge >= 0.3 is 6.18 Å². The number of alkyl halides is 3. The lowest BCUT2D eigenvalue weighted by Crippen LogP contribution is -2.24. The predicted octanol–water partition coefficient (Wildman–Crippen LogP) is 3.81. The van der Waals surface area contributed by atoms with Gasteiger partial charge in [-0.1, -0.05) is 0 Å². The summed E-state index contributed by atoms with van der Waals surface area (Å²) in [5.74, 6) is 0.930. The third kappa shape index (κ3) is 5.42. The van der Waals surface area contributed by atoms with Gasteiger partial charge in [0.2, 0.25) is 5.95 Å². The van der Waals surface area contributed by atoms with Gasteiger partial charge in [-0.15, -0.1) is 0 Å². The minimum atomic E-state index is -4.41. The molecule has 1 fully saturated rings. The van der Waals surface area contributed by atoms with E-state index in [2.05, 4.69) is 35.3 Å². The van der Waals surface area contributed by atoms with Gasteiger partial charge in [0.25, 0.3) is 5.91 Å². The number of nitrogens with zero attached hydrogens (tertiary/aromatic N) is 5. The fraction of sp³-hybridized carbons (Fsp3) is 0.348. The van der Waals surface area contributed by atoms with Crippen molar-refractivity contribution in [2.24, 2.45) is 0 Å². The second-order valence-electron chi connectivity index (χ2n) is 8.43. The van der Waals surface area contributed by atoms with Crippen LogP contribution in [0.3, 0.4) is 0 Å². The first kappa shape index (κ1) is 22.8. The number of amides is 1. The van der Waals surface area contributed by atoms with Crippen LogP contribution in [-0.2, 0) is 6.54 Å². The molecule has 1 aliphatic carbocycles. The van der Waals surface area contributed by atoms with Crippen LogP contribution < -0.4 is 20.3 Å². The Balaban J connectivity index is 1.11. The molecule has 2 atom stereocenters. The molecule has 12 heteroatoms. The van der Waals surface area contributed by atoms with Gasteiger partial charge in [-0.25, -0.2) is 15.0 Å². The molecule has 3 aromatic rings. The topological polar surface area (TPSA) is 105 Å². The van der Waals surface area contributed by atoms with Gasteiger partial charge in [-0.2, -0.15) is 13.2 Å². The maximum atomic E-state index is 12.6. The average Bonchev–Trinajstić information content (AvgIpc) is 3.42. The van der Waals surface area contributed by atoms with Crippen molar-refractivity contribution in [3.05, 3.63) is 60.3 Å². The third-order valence-electron chi connectivity index (χ3n) is 5.88. The van der Waals surface area contributed by atoms with Crippen molar-refractivity contribution < 1.29 is 22.7 Å². The summed E-state index contributed by atoms with van der Waals surface area (Å²) in [6.45, 7) is -0.954. The van der Waals surface area contributed by atoms with Crippen molar-refractivity contribution in [1.82, 2.24) is 19.9 Å². The molecule has 0 spiro atoms. The van der Waals surface area contributed by atoms with Crippen molar-refractivity contribution in [2.45, 2.75) is 44.1 Å². The van der Waals surface area contributed by atoms with Crippen LogP contribution >= 0.6 is 0 Å². The van der Waals surface area contributed by atoms with Crippen LogP contribution in [0.15, 0.2) is 49.1 Å². The molecule has 35 heavy (non-hydrogen) atoms. The average molecular weight is 485 g/mol. The first-order valence-corrected chi connectivity index (χ1v) is 11.1. The number of hydrogen-bond donors (Lipinski definition) is 2. The van der Waals surface area contributed by atoms with E-state index in [0.717, 1.165) is 25.0 Å². The summed E-state index contributed by atoms with van der Waals surface area (Å²) in [6.07, 6.45) is 3.95. The molecule has 0 aromatic carbocycles. The largest absolute Gasteiger partial charge is 0.481 e. The van der Waals surface area contributed by atoms with E-state index in [1.807, 2.05) is 12.1 Å². The smallest absolute Gasteiger partial charge is 0.422 e. The van der Waals surface area contributed by atoms with Gasteiger partial charge in [-0.05, 0) is 43.5 Å². The van der Waals surface area contributed by atoms with Gasteiger partial charge in [-0.3, -0.25) is 9.78 Å². The summed E-state index contributed by atoms with van der Waals surface area (Å²) in [4.78, 5) is 31.1. The second kappa shape index (κ2) is 9.35. The molecule has 0 saturated heterocycles. The van der Waals surface area contributed by atoms with Crippen LogP contribution in [0.2, 0.25) is 0 Å². The highest BCUT2D eigenvalue weighted by Crippen LogP contribution is 2.28. The molecule has 0 bridgehead atoms. The van der Waals surface area contributed by atoms with Crippen LogP contribution in [0.25, 0.3) is 0 Å². The Kier molecular flexibility index (Phi) is 6.10. The molecular formula is C23H22F3N7O2. The third-order valence-corrected chi connectivity index (χ3v) is 5.88. The summed E-state index contributed by atoms with van der Waals surface area (Å²) < 4.78 is 41.3. The first-order valence-electron chi connectivity index (χ1n) is 11.1. The highest BCUT2D eigenvalue weighted by molar-refractivity contribution is 6.09. The number of nitrogens with one attached hydrogen (secondary N) is 2. The second-order valence-corrected chi connectivity index (χ2v) is 8.43. The lowest BCUT2D eigenvalue weighted by molar-refractivity contribution is -0.153. The number of halogens is 3. The Bertz CT molecular complexity index is 1190. The highest BCUT2D eigenvalue weighted by Gasteiger charge is 2.30. The van der Waals surface area contributed by atoms with Gasteiger partial charge < -0.3 is 20.3 Å². The molecule has 2 unspecified atom stereocenters. The minimum Gasteiger partial charge on any atom is -0.481 e. The zero-order valence-corrected chi connectivity index (χ0v) is 18.5. The van der Waals surface area contributed by atoms with E-state index in [4.69, 9.17) is 0 Å². The molecular weight excluding hydrogens is 463 g/mol. The molecule has 182 valence electrons. The minimum absolute atomic E-state index is 0.0378. The number of carbonyl (C=O) groups is 1. The highest BCUT2D eigenvalue weighted by atomic mass is 19.4. The summed E-state index contributed by atoms with van der Waals surface area (Å²) in [6, 6.07) is 7.54. The zero-order chi connectivity index (χ0) is 24.4. The Labute approximate surface area is 198 Å². The number of anilines is 3.